The summed E-state index contributed by atoms with van der Waals surface area (Å²) in [7, 11) is -3.61. The Balaban J connectivity index is 2.27. The number of hydrogen-bond acceptors (Lipinski definition) is 3. The first-order valence-electron chi connectivity index (χ1n) is 9.10. The minimum Gasteiger partial charge on any atom is -0.347 e. The van der Waals surface area contributed by atoms with Crippen molar-refractivity contribution in [2.45, 2.75) is 39.3 Å². The summed E-state index contributed by atoms with van der Waals surface area (Å²) in [6.07, 6.45) is 1.89. The van der Waals surface area contributed by atoms with Crippen molar-refractivity contribution in [1.82, 2.24) is 5.32 Å². The molecule has 0 heterocycles. The lowest BCUT2D eigenvalue weighted by Gasteiger charge is -2.30. The molecule has 0 bridgehead atoms. The van der Waals surface area contributed by atoms with Crippen LogP contribution in [0.15, 0.2) is 60.7 Å². The van der Waals surface area contributed by atoms with E-state index in [1.54, 1.807) is 31.2 Å². The van der Waals surface area contributed by atoms with Crippen LogP contribution in [0.2, 0.25) is 0 Å². The smallest absolute Gasteiger partial charge is 0.244 e. The van der Waals surface area contributed by atoms with Gasteiger partial charge in [-0.25, -0.2) is 8.42 Å². The molecule has 0 radical (unpaired) electrons. The van der Waals surface area contributed by atoms with Crippen LogP contribution in [0.3, 0.4) is 0 Å². The van der Waals surface area contributed by atoms with Gasteiger partial charge in [-0.05, 0) is 37.0 Å². The van der Waals surface area contributed by atoms with E-state index in [1.165, 1.54) is 4.31 Å². The second-order valence-corrected chi connectivity index (χ2v) is 9.03. The van der Waals surface area contributed by atoms with E-state index in [2.05, 4.69) is 19.2 Å². The van der Waals surface area contributed by atoms with Gasteiger partial charge in [-0.3, -0.25) is 9.10 Å². The molecule has 0 spiro atoms. The van der Waals surface area contributed by atoms with Gasteiger partial charge in [-0.1, -0.05) is 62.4 Å². The average molecular weight is 389 g/mol. The molecule has 2 aromatic carbocycles. The first-order chi connectivity index (χ1) is 12.7. The molecule has 146 valence electrons. The summed E-state index contributed by atoms with van der Waals surface area (Å²) in [6, 6.07) is 17.4. The highest BCUT2D eigenvalue weighted by Crippen LogP contribution is 2.24. The summed E-state index contributed by atoms with van der Waals surface area (Å²) in [5, 5.41) is 3.04. The first-order valence-corrected chi connectivity index (χ1v) is 10.9. The van der Waals surface area contributed by atoms with Crippen LogP contribution in [-0.4, -0.2) is 26.6 Å². The van der Waals surface area contributed by atoms with Gasteiger partial charge >= 0.3 is 0 Å². The van der Waals surface area contributed by atoms with Gasteiger partial charge in [0.05, 0.1) is 18.0 Å². The zero-order valence-electron chi connectivity index (χ0n) is 16.3. The molecule has 1 N–H and O–H groups in total. The van der Waals surface area contributed by atoms with Crippen molar-refractivity contribution in [2.75, 3.05) is 10.6 Å². The lowest BCUT2D eigenvalue weighted by atomic mass is 9.96. The van der Waals surface area contributed by atoms with E-state index in [-0.39, 0.29) is 11.9 Å². The van der Waals surface area contributed by atoms with Crippen LogP contribution >= 0.6 is 0 Å². The summed E-state index contributed by atoms with van der Waals surface area (Å²) in [5.41, 5.74) is 1.49. The molecule has 0 aliphatic rings. The molecule has 0 saturated heterocycles. The largest absolute Gasteiger partial charge is 0.347 e. The van der Waals surface area contributed by atoms with Crippen molar-refractivity contribution in [1.29, 1.82) is 0 Å². The Morgan fingerprint density at radius 2 is 1.48 bits per heavy atom. The zero-order valence-corrected chi connectivity index (χ0v) is 17.1. The van der Waals surface area contributed by atoms with Crippen LogP contribution in [0, 0.1) is 5.92 Å². The fourth-order valence-corrected chi connectivity index (χ4v) is 4.29. The quantitative estimate of drug-likeness (QED) is 0.749. The number of para-hydroxylation sites is 1. The minimum atomic E-state index is -3.61. The number of hydrogen-bond donors (Lipinski definition) is 1. The molecule has 1 amide bonds. The van der Waals surface area contributed by atoms with E-state index < -0.39 is 16.1 Å². The normalized spacial score (nSPS) is 13.8. The second-order valence-electron chi connectivity index (χ2n) is 7.17. The highest BCUT2D eigenvalue weighted by Gasteiger charge is 2.30. The first kappa shape index (κ1) is 21.0. The van der Waals surface area contributed by atoms with Gasteiger partial charge in [0.1, 0.15) is 6.04 Å². The molecule has 27 heavy (non-hydrogen) atoms. The van der Waals surface area contributed by atoms with E-state index in [9.17, 15) is 13.2 Å². The molecule has 0 aliphatic carbocycles. The van der Waals surface area contributed by atoms with E-state index in [0.717, 1.165) is 18.2 Å². The van der Waals surface area contributed by atoms with Gasteiger partial charge in [0, 0.05) is 0 Å². The Bertz CT molecular complexity index is 836. The third-order valence-electron chi connectivity index (χ3n) is 4.32. The lowest BCUT2D eigenvalue weighted by Crippen LogP contribution is -2.48. The Morgan fingerprint density at radius 3 is 1.96 bits per heavy atom. The number of rotatable bonds is 8. The number of amides is 1. The maximum absolute atomic E-state index is 13.0. The van der Waals surface area contributed by atoms with E-state index >= 15 is 0 Å². The average Bonchev–Trinajstić information content (AvgIpc) is 2.61. The van der Waals surface area contributed by atoms with E-state index in [4.69, 9.17) is 0 Å². The molecular weight excluding hydrogens is 360 g/mol. The van der Waals surface area contributed by atoms with Crippen molar-refractivity contribution in [3.05, 3.63) is 66.2 Å². The molecule has 0 fully saturated rings. The van der Waals surface area contributed by atoms with Crippen LogP contribution in [0.1, 0.15) is 38.8 Å². The van der Waals surface area contributed by atoms with Crippen molar-refractivity contribution in [2.24, 2.45) is 5.92 Å². The van der Waals surface area contributed by atoms with Gasteiger partial charge in [0.25, 0.3) is 0 Å². The fraction of sp³-hybridized carbons (Fsp3) is 0.381. The van der Waals surface area contributed by atoms with Gasteiger partial charge < -0.3 is 5.32 Å². The molecule has 2 aromatic rings. The van der Waals surface area contributed by atoms with Crippen molar-refractivity contribution < 1.29 is 13.2 Å². The predicted octanol–water partition coefficient (Wildman–Crippen LogP) is 3.74. The van der Waals surface area contributed by atoms with Crippen LogP contribution in [0.5, 0.6) is 0 Å². The van der Waals surface area contributed by atoms with Crippen molar-refractivity contribution in [3.8, 4) is 0 Å². The molecule has 0 saturated carbocycles. The van der Waals surface area contributed by atoms with E-state index in [1.807, 2.05) is 36.4 Å². The SMILES string of the molecule is CC(C)C[C@@H](NC(=O)[C@@H](C)N(c1ccccc1)S(C)(=O)=O)c1ccccc1. The van der Waals surface area contributed by atoms with Gasteiger partial charge in [-0.15, -0.1) is 0 Å². The predicted molar refractivity (Wildman–Crippen MR) is 110 cm³/mol. The number of carbonyl (C=O) groups excluding carboxylic acids is 1. The zero-order chi connectivity index (χ0) is 20.0. The lowest BCUT2D eigenvalue weighted by molar-refractivity contribution is -0.122. The summed E-state index contributed by atoms with van der Waals surface area (Å²) in [4.78, 5) is 13.0. The summed E-state index contributed by atoms with van der Waals surface area (Å²) >= 11 is 0. The number of anilines is 1. The molecule has 2 rings (SSSR count). The van der Waals surface area contributed by atoms with Gasteiger partial charge in [-0.2, -0.15) is 0 Å². The van der Waals surface area contributed by atoms with Crippen LogP contribution in [-0.2, 0) is 14.8 Å². The molecule has 0 unspecified atom stereocenters. The Morgan fingerprint density at radius 1 is 0.963 bits per heavy atom. The molecule has 0 aromatic heterocycles. The van der Waals surface area contributed by atoms with Crippen LogP contribution in [0.4, 0.5) is 5.69 Å². The molecule has 2 atom stereocenters. The summed E-state index contributed by atoms with van der Waals surface area (Å²) in [5.74, 6) is 0.0599. The third kappa shape index (κ3) is 5.82. The number of benzene rings is 2. The highest BCUT2D eigenvalue weighted by molar-refractivity contribution is 7.92. The fourth-order valence-electron chi connectivity index (χ4n) is 3.11. The van der Waals surface area contributed by atoms with Crippen LogP contribution in [0.25, 0.3) is 0 Å². The Hall–Kier alpha value is -2.34. The number of carbonyl (C=O) groups is 1. The maximum Gasteiger partial charge on any atom is 0.244 e. The monoisotopic (exact) mass is 388 g/mol. The van der Waals surface area contributed by atoms with Gasteiger partial charge in [0.15, 0.2) is 0 Å². The second kappa shape index (κ2) is 9.04. The standard InChI is InChI=1S/C21H28N2O3S/c1-16(2)15-20(18-11-7-5-8-12-18)22-21(24)17(3)23(27(4,25)26)19-13-9-6-10-14-19/h5-14,16-17,20H,15H2,1-4H3,(H,22,24)/t17-,20-/m1/s1. The van der Waals surface area contributed by atoms with Gasteiger partial charge in [0.2, 0.25) is 15.9 Å². The van der Waals surface area contributed by atoms with Crippen molar-refractivity contribution >= 4 is 21.6 Å². The summed E-state index contributed by atoms with van der Waals surface area (Å²) in [6.45, 7) is 5.80. The summed E-state index contributed by atoms with van der Waals surface area (Å²) < 4.78 is 25.9. The molecule has 5 nitrogen and oxygen atoms in total. The molecule has 0 aliphatic heterocycles. The van der Waals surface area contributed by atoms with Crippen LogP contribution < -0.4 is 9.62 Å². The number of nitrogens with one attached hydrogen (secondary N) is 1. The minimum absolute atomic E-state index is 0.168. The van der Waals surface area contributed by atoms with Crippen molar-refractivity contribution in [3.63, 3.8) is 0 Å². The Kier molecular flexibility index (Phi) is 7.02. The molecular formula is C21H28N2O3S. The Labute approximate surface area is 162 Å². The maximum atomic E-state index is 13.0. The topological polar surface area (TPSA) is 66.5 Å². The molecule has 6 heteroatoms. The number of nitrogens with zero attached hydrogens (tertiary/aromatic N) is 1. The number of sulfonamides is 1. The highest BCUT2D eigenvalue weighted by atomic mass is 32.2. The third-order valence-corrected chi connectivity index (χ3v) is 5.57. The van der Waals surface area contributed by atoms with E-state index in [0.29, 0.717) is 11.6 Å².